The number of methoxy groups -OCH3 is 2. The number of terminal acetylenes is 1. The summed E-state index contributed by atoms with van der Waals surface area (Å²) in [4.78, 5) is 44.3. The molecule has 42 heavy (non-hydrogen) atoms. The lowest BCUT2D eigenvalue weighted by atomic mass is 9.97. The molecular formula is C31H28ClFN4O5. The van der Waals surface area contributed by atoms with Crippen molar-refractivity contribution in [3.8, 4) is 18.1 Å². The zero-order valence-corrected chi connectivity index (χ0v) is 23.7. The van der Waals surface area contributed by atoms with Gasteiger partial charge in [0.25, 0.3) is 11.8 Å². The number of carbonyl (C=O) groups excluding carboxylic acids is 3. The lowest BCUT2D eigenvalue weighted by Gasteiger charge is -2.28. The zero-order valence-electron chi connectivity index (χ0n) is 22.9. The lowest BCUT2D eigenvalue weighted by Crippen LogP contribution is -2.35. The number of hydrogen-bond acceptors (Lipinski definition) is 6. The van der Waals surface area contributed by atoms with Gasteiger partial charge in [-0.05, 0) is 55.3 Å². The van der Waals surface area contributed by atoms with E-state index in [1.165, 1.54) is 38.5 Å². The number of esters is 1. The van der Waals surface area contributed by atoms with E-state index in [2.05, 4.69) is 21.5 Å². The van der Waals surface area contributed by atoms with Gasteiger partial charge in [0.05, 0.1) is 49.0 Å². The second-order valence-corrected chi connectivity index (χ2v) is 9.84. The van der Waals surface area contributed by atoms with Crippen molar-refractivity contribution in [3.63, 3.8) is 0 Å². The summed E-state index contributed by atoms with van der Waals surface area (Å²) < 4.78 is 25.2. The van der Waals surface area contributed by atoms with Crippen LogP contribution in [0.2, 0.25) is 5.02 Å². The smallest absolute Gasteiger partial charge is 0.308 e. The maximum Gasteiger partial charge on any atom is 0.308 e. The van der Waals surface area contributed by atoms with E-state index in [0.717, 1.165) is 6.07 Å². The van der Waals surface area contributed by atoms with E-state index in [1.807, 2.05) is 4.90 Å². The molecule has 1 heterocycles. The molecule has 11 heteroatoms. The van der Waals surface area contributed by atoms with Crippen LogP contribution in [-0.4, -0.2) is 56.3 Å². The molecule has 3 aromatic carbocycles. The predicted molar refractivity (Wildman–Crippen MR) is 159 cm³/mol. The molecule has 1 aliphatic heterocycles. The Hall–Kier alpha value is -4.88. The SMILES string of the molecule is C#Cc1ccc(NC(=O)c2cc(Cl)cc(OC)c2NC(=O)c2ccc(/N=C/N3CCC(C(=O)OC)CC3)cc2F)cc1. The Bertz CT molecular complexity index is 1560. The van der Waals surface area contributed by atoms with E-state index < -0.39 is 17.6 Å². The minimum absolute atomic E-state index is 0.00586. The molecule has 4 rings (SSSR count). The van der Waals surface area contributed by atoms with Crippen molar-refractivity contribution in [1.29, 1.82) is 0 Å². The van der Waals surface area contributed by atoms with Crippen LogP contribution in [0.1, 0.15) is 39.1 Å². The van der Waals surface area contributed by atoms with Gasteiger partial charge in [-0.3, -0.25) is 14.4 Å². The van der Waals surface area contributed by atoms with Crippen LogP contribution in [0.25, 0.3) is 0 Å². The normalized spacial score (nSPS) is 13.4. The fourth-order valence-electron chi connectivity index (χ4n) is 4.41. The van der Waals surface area contributed by atoms with Crippen LogP contribution < -0.4 is 15.4 Å². The number of aliphatic imine (C=N–C) groups is 1. The first-order valence-corrected chi connectivity index (χ1v) is 13.3. The minimum atomic E-state index is -0.806. The minimum Gasteiger partial charge on any atom is -0.494 e. The summed E-state index contributed by atoms with van der Waals surface area (Å²) in [5.41, 5.74) is 1.17. The maximum atomic E-state index is 15.1. The summed E-state index contributed by atoms with van der Waals surface area (Å²) in [6.45, 7) is 1.22. The van der Waals surface area contributed by atoms with E-state index in [9.17, 15) is 14.4 Å². The van der Waals surface area contributed by atoms with Gasteiger partial charge in [0.2, 0.25) is 0 Å². The topological polar surface area (TPSA) is 109 Å². The Morgan fingerprint density at radius 2 is 1.71 bits per heavy atom. The Kier molecular flexibility index (Phi) is 9.78. The average molecular weight is 591 g/mol. The largest absolute Gasteiger partial charge is 0.494 e. The van der Waals surface area contributed by atoms with E-state index in [4.69, 9.17) is 27.5 Å². The van der Waals surface area contributed by atoms with E-state index in [1.54, 1.807) is 30.6 Å². The number of nitrogens with zero attached hydrogens (tertiary/aromatic N) is 2. The monoisotopic (exact) mass is 590 g/mol. The van der Waals surface area contributed by atoms with Crippen molar-refractivity contribution >= 4 is 52.8 Å². The van der Waals surface area contributed by atoms with E-state index in [-0.39, 0.29) is 39.5 Å². The maximum absolute atomic E-state index is 15.1. The van der Waals surface area contributed by atoms with Gasteiger partial charge in [-0.15, -0.1) is 6.42 Å². The summed E-state index contributed by atoms with van der Waals surface area (Å²) >= 11 is 6.20. The van der Waals surface area contributed by atoms with Gasteiger partial charge in [0.1, 0.15) is 11.6 Å². The second-order valence-electron chi connectivity index (χ2n) is 9.40. The molecule has 216 valence electrons. The van der Waals surface area contributed by atoms with Crippen LogP contribution in [0.5, 0.6) is 5.75 Å². The summed E-state index contributed by atoms with van der Waals surface area (Å²) in [5, 5.41) is 5.50. The molecule has 3 aromatic rings. The van der Waals surface area contributed by atoms with Crippen LogP contribution in [0.4, 0.5) is 21.5 Å². The van der Waals surface area contributed by atoms with Crippen molar-refractivity contribution < 1.29 is 28.2 Å². The number of rotatable bonds is 8. The number of likely N-dealkylation sites (tertiary alicyclic amines) is 1. The highest BCUT2D eigenvalue weighted by molar-refractivity contribution is 6.31. The zero-order chi connectivity index (χ0) is 30.2. The molecule has 0 aromatic heterocycles. The number of carbonyl (C=O) groups is 3. The number of ether oxygens (including phenoxy) is 2. The van der Waals surface area contributed by atoms with Crippen LogP contribution in [0.15, 0.2) is 59.6 Å². The molecule has 1 fully saturated rings. The molecule has 9 nitrogen and oxygen atoms in total. The average Bonchev–Trinajstić information content (AvgIpc) is 3.00. The van der Waals surface area contributed by atoms with Crippen molar-refractivity contribution in [1.82, 2.24) is 4.90 Å². The number of piperidine rings is 1. The second kappa shape index (κ2) is 13.7. The number of halogens is 2. The Morgan fingerprint density at radius 1 is 1.02 bits per heavy atom. The molecule has 0 saturated carbocycles. The summed E-state index contributed by atoms with van der Waals surface area (Å²) in [6, 6.07) is 13.3. The first kappa shape index (κ1) is 30.1. The molecule has 0 atom stereocenters. The summed E-state index contributed by atoms with van der Waals surface area (Å²) in [7, 11) is 2.73. The quantitative estimate of drug-likeness (QED) is 0.155. The molecule has 2 N–H and O–H groups in total. The molecular weight excluding hydrogens is 563 g/mol. The van der Waals surface area contributed by atoms with Gasteiger partial charge >= 0.3 is 5.97 Å². The van der Waals surface area contributed by atoms with Gasteiger partial charge < -0.3 is 25.0 Å². The van der Waals surface area contributed by atoms with Gasteiger partial charge in [-0.1, -0.05) is 17.5 Å². The number of hydrogen-bond donors (Lipinski definition) is 2. The van der Waals surface area contributed by atoms with Crippen molar-refractivity contribution in [2.75, 3.05) is 37.9 Å². The lowest BCUT2D eigenvalue weighted by molar-refractivity contribution is -0.146. The first-order valence-electron chi connectivity index (χ1n) is 12.9. The Labute approximate surface area is 247 Å². The van der Waals surface area contributed by atoms with Gasteiger partial charge in [0, 0.05) is 41.5 Å². The van der Waals surface area contributed by atoms with Crippen LogP contribution >= 0.6 is 11.6 Å². The predicted octanol–water partition coefficient (Wildman–Crippen LogP) is 5.52. The fraction of sp³-hybridized carbons (Fsp3) is 0.226. The number of anilines is 2. The Balaban J connectivity index is 1.49. The standard InChI is InChI=1S/C31H28ClFN4O5/c1-4-19-5-7-22(8-6-19)35-30(39)25-15-21(32)16-27(41-2)28(25)36-29(38)24-10-9-23(17-26(24)33)34-18-37-13-11-20(12-14-37)31(40)42-3/h1,5-10,15-18,20H,11-14H2,2-3H3,(H,35,39)(H,36,38)/b34-18+. The third kappa shape index (κ3) is 7.25. The molecule has 2 amide bonds. The van der Waals surface area contributed by atoms with Crippen LogP contribution in [0, 0.1) is 24.1 Å². The number of benzene rings is 3. The first-order chi connectivity index (χ1) is 20.2. The Morgan fingerprint density at radius 3 is 2.33 bits per heavy atom. The van der Waals surface area contributed by atoms with Gasteiger partial charge in [-0.25, -0.2) is 9.38 Å². The third-order valence-electron chi connectivity index (χ3n) is 6.71. The highest BCUT2D eigenvalue weighted by atomic mass is 35.5. The molecule has 1 aliphatic rings. The highest BCUT2D eigenvalue weighted by Gasteiger charge is 2.25. The van der Waals surface area contributed by atoms with Gasteiger partial charge in [0.15, 0.2) is 0 Å². The van der Waals surface area contributed by atoms with Crippen LogP contribution in [-0.2, 0) is 9.53 Å². The molecule has 0 aliphatic carbocycles. The third-order valence-corrected chi connectivity index (χ3v) is 6.93. The summed E-state index contributed by atoms with van der Waals surface area (Å²) in [6.07, 6.45) is 8.25. The number of nitrogens with one attached hydrogen (secondary N) is 2. The molecule has 0 radical (unpaired) electrons. The fourth-order valence-corrected chi connectivity index (χ4v) is 4.62. The highest BCUT2D eigenvalue weighted by Crippen LogP contribution is 2.34. The van der Waals surface area contributed by atoms with Crippen molar-refractivity contribution in [3.05, 3.63) is 82.1 Å². The molecule has 0 bridgehead atoms. The summed E-state index contributed by atoms with van der Waals surface area (Å²) in [5.74, 6) is 0.0558. The van der Waals surface area contributed by atoms with E-state index in [0.29, 0.717) is 42.9 Å². The molecule has 0 unspecified atom stereocenters. The molecule has 0 spiro atoms. The van der Waals surface area contributed by atoms with Crippen LogP contribution in [0.3, 0.4) is 0 Å². The number of amides is 2. The van der Waals surface area contributed by atoms with Crippen molar-refractivity contribution in [2.24, 2.45) is 10.9 Å². The van der Waals surface area contributed by atoms with Gasteiger partial charge in [-0.2, -0.15) is 0 Å². The van der Waals surface area contributed by atoms with E-state index >= 15 is 4.39 Å². The molecule has 1 saturated heterocycles. The van der Waals surface area contributed by atoms with Crippen molar-refractivity contribution in [2.45, 2.75) is 12.8 Å².